The summed E-state index contributed by atoms with van der Waals surface area (Å²) in [5.41, 5.74) is 7.97. The lowest BCUT2D eigenvalue weighted by atomic mass is 10.0. The first-order chi connectivity index (χ1) is 8.09. The first-order valence-electron chi connectivity index (χ1n) is 5.26. The normalized spacial score (nSPS) is 12.7. The van der Waals surface area contributed by atoms with Crippen LogP contribution in [0.3, 0.4) is 0 Å². The van der Waals surface area contributed by atoms with E-state index in [1.165, 1.54) is 0 Å². The van der Waals surface area contributed by atoms with E-state index in [1.807, 2.05) is 31.3 Å². The molecule has 0 fully saturated rings. The van der Waals surface area contributed by atoms with Gasteiger partial charge in [0.1, 0.15) is 0 Å². The predicted octanol–water partition coefficient (Wildman–Crippen LogP) is 2.97. The van der Waals surface area contributed by atoms with Crippen molar-refractivity contribution >= 4 is 23.2 Å². The highest BCUT2D eigenvalue weighted by atomic mass is 35.5. The van der Waals surface area contributed by atoms with Crippen molar-refractivity contribution in [2.45, 2.75) is 12.5 Å². The monoisotopic (exact) mass is 269 g/mol. The predicted molar refractivity (Wildman–Crippen MR) is 70.3 cm³/mol. The molecular weight excluding hydrogens is 257 g/mol. The Labute approximate surface area is 110 Å². The fourth-order valence-corrected chi connectivity index (χ4v) is 2.35. The number of aromatic nitrogens is 2. The molecule has 0 saturated carbocycles. The molecule has 3 nitrogen and oxygen atoms in total. The molecule has 0 bridgehead atoms. The Balaban J connectivity index is 2.25. The first kappa shape index (κ1) is 12.4. The van der Waals surface area contributed by atoms with Crippen LogP contribution in [0, 0.1) is 0 Å². The van der Waals surface area contributed by atoms with E-state index in [4.69, 9.17) is 28.9 Å². The van der Waals surface area contributed by atoms with Gasteiger partial charge in [0.15, 0.2) is 0 Å². The summed E-state index contributed by atoms with van der Waals surface area (Å²) >= 11 is 12.2. The maximum absolute atomic E-state index is 6.13. The van der Waals surface area contributed by atoms with Crippen molar-refractivity contribution in [2.75, 3.05) is 0 Å². The molecule has 1 aromatic carbocycles. The molecule has 0 spiro atoms. The minimum atomic E-state index is -0.167. The van der Waals surface area contributed by atoms with Crippen LogP contribution in [-0.2, 0) is 13.5 Å². The fraction of sp³-hybridized carbons (Fsp3) is 0.250. The molecule has 0 amide bonds. The number of benzene rings is 1. The summed E-state index contributed by atoms with van der Waals surface area (Å²) in [6, 6.07) is 7.19. The molecule has 17 heavy (non-hydrogen) atoms. The molecule has 90 valence electrons. The van der Waals surface area contributed by atoms with Crippen LogP contribution in [0.5, 0.6) is 0 Å². The molecule has 2 rings (SSSR count). The fourth-order valence-electron chi connectivity index (χ4n) is 1.80. The van der Waals surface area contributed by atoms with Crippen molar-refractivity contribution in [1.29, 1.82) is 0 Å². The molecule has 0 radical (unpaired) electrons. The van der Waals surface area contributed by atoms with Crippen molar-refractivity contribution < 1.29 is 0 Å². The van der Waals surface area contributed by atoms with E-state index < -0.39 is 0 Å². The zero-order chi connectivity index (χ0) is 12.4. The van der Waals surface area contributed by atoms with Crippen molar-refractivity contribution in [2.24, 2.45) is 12.8 Å². The summed E-state index contributed by atoms with van der Waals surface area (Å²) in [6.45, 7) is 0. The molecule has 0 aliphatic carbocycles. The zero-order valence-electron chi connectivity index (χ0n) is 9.40. The van der Waals surface area contributed by atoms with Crippen LogP contribution in [0.25, 0.3) is 0 Å². The van der Waals surface area contributed by atoms with Crippen molar-refractivity contribution in [3.8, 4) is 0 Å². The van der Waals surface area contributed by atoms with Gasteiger partial charge in [-0.25, -0.2) is 0 Å². The summed E-state index contributed by atoms with van der Waals surface area (Å²) in [6.07, 6.45) is 2.32. The van der Waals surface area contributed by atoms with E-state index in [9.17, 15) is 0 Å². The summed E-state index contributed by atoms with van der Waals surface area (Å²) in [5, 5.41) is 5.39. The average Bonchev–Trinajstić information content (AvgIpc) is 2.70. The van der Waals surface area contributed by atoms with Gasteiger partial charge in [-0.1, -0.05) is 29.3 Å². The van der Waals surface area contributed by atoms with Crippen LogP contribution in [0.15, 0.2) is 30.5 Å². The highest BCUT2D eigenvalue weighted by Crippen LogP contribution is 2.28. The van der Waals surface area contributed by atoms with Crippen LogP contribution >= 0.6 is 23.2 Å². The third-order valence-electron chi connectivity index (χ3n) is 2.72. The number of halogens is 2. The number of nitrogens with two attached hydrogens (primary N) is 1. The van der Waals surface area contributed by atoms with E-state index in [1.54, 1.807) is 10.9 Å². The smallest absolute Gasteiger partial charge is 0.0551 e. The van der Waals surface area contributed by atoms with E-state index in [-0.39, 0.29) is 6.04 Å². The number of hydrogen-bond donors (Lipinski definition) is 1. The summed E-state index contributed by atoms with van der Waals surface area (Å²) in [5.74, 6) is 0. The topological polar surface area (TPSA) is 43.8 Å². The molecule has 0 aliphatic rings. The molecule has 1 aromatic heterocycles. The second-order valence-electron chi connectivity index (χ2n) is 3.89. The van der Waals surface area contributed by atoms with E-state index in [0.717, 1.165) is 11.3 Å². The highest BCUT2D eigenvalue weighted by Gasteiger charge is 2.14. The SMILES string of the molecule is Cn1nccc1C(N)Cc1c(Cl)cccc1Cl. The summed E-state index contributed by atoms with van der Waals surface area (Å²) in [4.78, 5) is 0. The minimum absolute atomic E-state index is 0.167. The molecule has 1 atom stereocenters. The Hall–Kier alpha value is -1.03. The molecule has 0 aliphatic heterocycles. The van der Waals surface area contributed by atoms with Gasteiger partial charge in [-0.3, -0.25) is 4.68 Å². The number of hydrogen-bond acceptors (Lipinski definition) is 2. The molecule has 2 aromatic rings. The van der Waals surface area contributed by atoms with Gasteiger partial charge in [-0.05, 0) is 30.2 Å². The quantitative estimate of drug-likeness (QED) is 0.931. The Morgan fingerprint density at radius 3 is 2.47 bits per heavy atom. The second kappa shape index (κ2) is 5.08. The largest absolute Gasteiger partial charge is 0.322 e. The van der Waals surface area contributed by atoms with Crippen LogP contribution < -0.4 is 5.73 Å². The van der Waals surface area contributed by atoms with Crippen molar-refractivity contribution in [3.05, 3.63) is 51.8 Å². The molecular formula is C12H13Cl2N3. The third kappa shape index (κ3) is 2.63. The number of nitrogens with zero attached hydrogens (tertiary/aromatic N) is 2. The van der Waals surface area contributed by atoms with Crippen molar-refractivity contribution in [1.82, 2.24) is 9.78 Å². The van der Waals surface area contributed by atoms with Crippen LogP contribution in [-0.4, -0.2) is 9.78 Å². The minimum Gasteiger partial charge on any atom is -0.322 e. The average molecular weight is 270 g/mol. The Morgan fingerprint density at radius 1 is 1.29 bits per heavy atom. The van der Waals surface area contributed by atoms with Gasteiger partial charge in [0.25, 0.3) is 0 Å². The Morgan fingerprint density at radius 2 is 1.94 bits per heavy atom. The lowest BCUT2D eigenvalue weighted by Gasteiger charge is -2.14. The lowest BCUT2D eigenvalue weighted by Crippen LogP contribution is -2.17. The number of rotatable bonds is 3. The molecule has 0 saturated heterocycles. The van der Waals surface area contributed by atoms with Gasteiger partial charge in [0.05, 0.1) is 11.7 Å². The highest BCUT2D eigenvalue weighted by molar-refractivity contribution is 6.35. The van der Waals surface area contributed by atoms with E-state index in [0.29, 0.717) is 16.5 Å². The van der Waals surface area contributed by atoms with Gasteiger partial charge in [0.2, 0.25) is 0 Å². The number of aryl methyl sites for hydroxylation is 1. The maximum Gasteiger partial charge on any atom is 0.0551 e. The second-order valence-corrected chi connectivity index (χ2v) is 4.70. The van der Waals surface area contributed by atoms with Gasteiger partial charge in [-0.2, -0.15) is 5.10 Å². The van der Waals surface area contributed by atoms with Gasteiger partial charge < -0.3 is 5.73 Å². The Bertz CT molecular complexity index is 502. The zero-order valence-corrected chi connectivity index (χ0v) is 10.9. The van der Waals surface area contributed by atoms with Crippen LogP contribution in [0.2, 0.25) is 10.0 Å². The molecule has 1 heterocycles. The van der Waals surface area contributed by atoms with Gasteiger partial charge in [-0.15, -0.1) is 0 Å². The van der Waals surface area contributed by atoms with E-state index >= 15 is 0 Å². The third-order valence-corrected chi connectivity index (χ3v) is 3.43. The van der Waals surface area contributed by atoms with Gasteiger partial charge in [0, 0.05) is 23.3 Å². The Kier molecular flexibility index (Phi) is 3.72. The first-order valence-corrected chi connectivity index (χ1v) is 6.01. The van der Waals surface area contributed by atoms with Crippen molar-refractivity contribution in [3.63, 3.8) is 0 Å². The summed E-state index contributed by atoms with van der Waals surface area (Å²) in [7, 11) is 1.86. The molecule has 2 N–H and O–H groups in total. The molecule has 5 heteroatoms. The van der Waals surface area contributed by atoms with Crippen LogP contribution in [0.4, 0.5) is 0 Å². The lowest BCUT2D eigenvalue weighted by molar-refractivity contribution is 0.617. The van der Waals surface area contributed by atoms with Gasteiger partial charge >= 0.3 is 0 Å². The molecule has 1 unspecified atom stereocenters. The van der Waals surface area contributed by atoms with Crippen LogP contribution in [0.1, 0.15) is 17.3 Å². The standard InChI is InChI=1S/C12H13Cl2N3/c1-17-12(5-6-16-17)11(15)7-8-9(13)3-2-4-10(8)14/h2-6,11H,7,15H2,1H3. The summed E-state index contributed by atoms with van der Waals surface area (Å²) < 4.78 is 1.76. The van der Waals surface area contributed by atoms with E-state index in [2.05, 4.69) is 5.10 Å². The maximum atomic E-state index is 6.13.